The summed E-state index contributed by atoms with van der Waals surface area (Å²) in [6.45, 7) is 1.51. The molecule has 14 heavy (non-hydrogen) atoms. The number of rotatable bonds is 2. The quantitative estimate of drug-likeness (QED) is 0.777. The second kappa shape index (κ2) is 5.04. The molecule has 72 valence electrons. The van der Waals surface area contributed by atoms with Gasteiger partial charge in [-0.1, -0.05) is 23.4 Å². The first-order chi connectivity index (χ1) is 6.61. The Kier molecular flexibility index (Phi) is 3.99. The van der Waals surface area contributed by atoms with Crippen molar-refractivity contribution in [2.45, 2.75) is 12.7 Å². The fourth-order valence-corrected chi connectivity index (χ4v) is 1.78. The average molecular weight is 226 g/mol. The Morgan fingerprint density at radius 2 is 2.29 bits per heavy atom. The highest BCUT2D eigenvalue weighted by molar-refractivity contribution is 8.12. The van der Waals surface area contributed by atoms with Gasteiger partial charge >= 0.3 is 0 Å². The SMILES string of the molecule is CC(=O)SCc1cc(Cl)cc(C#N)c1. The van der Waals surface area contributed by atoms with Crippen molar-refractivity contribution in [3.8, 4) is 6.07 Å². The van der Waals surface area contributed by atoms with Crippen molar-refractivity contribution in [3.05, 3.63) is 34.3 Å². The number of nitriles is 1. The first kappa shape index (κ1) is 11.1. The smallest absolute Gasteiger partial charge is 0.186 e. The van der Waals surface area contributed by atoms with E-state index in [1.807, 2.05) is 6.07 Å². The molecule has 2 nitrogen and oxygen atoms in total. The number of hydrogen-bond donors (Lipinski definition) is 0. The van der Waals surface area contributed by atoms with Crippen molar-refractivity contribution in [1.29, 1.82) is 5.26 Å². The molecule has 0 aliphatic rings. The highest BCUT2D eigenvalue weighted by Crippen LogP contribution is 2.19. The van der Waals surface area contributed by atoms with Gasteiger partial charge in [-0.25, -0.2) is 0 Å². The third-order valence-corrected chi connectivity index (χ3v) is 2.63. The number of nitrogens with zero attached hydrogens (tertiary/aromatic N) is 1. The second-order valence-corrected chi connectivity index (χ2v) is 4.33. The van der Waals surface area contributed by atoms with E-state index in [2.05, 4.69) is 0 Å². The molecule has 0 fully saturated rings. The van der Waals surface area contributed by atoms with E-state index in [1.54, 1.807) is 18.2 Å². The summed E-state index contributed by atoms with van der Waals surface area (Å²) in [6.07, 6.45) is 0. The van der Waals surface area contributed by atoms with Crippen LogP contribution in [-0.2, 0) is 10.5 Å². The van der Waals surface area contributed by atoms with Crippen LogP contribution in [0.4, 0.5) is 0 Å². The van der Waals surface area contributed by atoms with E-state index in [0.717, 1.165) is 5.56 Å². The third kappa shape index (κ3) is 3.41. The maximum Gasteiger partial charge on any atom is 0.186 e. The topological polar surface area (TPSA) is 40.9 Å². The molecule has 0 amide bonds. The van der Waals surface area contributed by atoms with Crippen LogP contribution in [0.5, 0.6) is 0 Å². The van der Waals surface area contributed by atoms with Gasteiger partial charge in [0, 0.05) is 17.7 Å². The highest BCUT2D eigenvalue weighted by atomic mass is 35.5. The van der Waals surface area contributed by atoms with Crippen LogP contribution in [0.3, 0.4) is 0 Å². The zero-order valence-corrected chi connectivity index (χ0v) is 9.15. The molecule has 1 aromatic carbocycles. The summed E-state index contributed by atoms with van der Waals surface area (Å²) in [5.41, 5.74) is 1.42. The second-order valence-electron chi connectivity index (χ2n) is 2.74. The predicted octanol–water partition coefficient (Wildman–Crippen LogP) is 2.99. The van der Waals surface area contributed by atoms with Crippen molar-refractivity contribution in [2.75, 3.05) is 0 Å². The summed E-state index contributed by atoms with van der Waals surface area (Å²) in [7, 11) is 0. The van der Waals surface area contributed by atoms with E-state index in [0.29, 0.717) is 16.3 Å². The van der Waals surface area contributed by atoms with E-state index < -0.39 is 0 Å². The molecular weight excluding hydrogens is 218 g/mol. The van der Waals surface area contributed by atoms with E-state index in [9.17, 15) is 4.79 Å². The fraction of sp³-hybridized carbons (Fsp3) is 0.200. The fourth-order valence-electron chi connectivity index (χ4n) is 0.983. The summed E-state index contributed by atoms with van der Waals surface area (Å²) in [6, 6.07) is 7.12. The molecule has 0 saturated carbocycles. The lowest BCUT2D eigenvalue weighted by Crippen LogP contribution is -1.87. The number of benzene rings is 1. The highest BCUT2D eigenvalue weighted by Gasteiger charge is 2.01. The van der Waals surface area contributed by atoms with E-state index >= 15 is 0 Å². The number of carbonyl (C=O) groups is 1. The van der Waals surface area contributed by atoms with E-state index in [4.69, 9.17) is 16.9 Å². The van der Waals surface area contributed by atoms with Crippen molar-refractivity contribution >= 4 is 28.5 Å². The predicted molar refractivity (Wildman–Crippen MR) is 58.1 cm³/mol. The molecule has 0 aromatic heterocycles. The van der Waals surface area contributed by atoms with Crippen molar-refractivity contribution < 1.29 is 4.79 Å². The van der Waals surface area contributed by atoms with Crippen LogP contribution in [0.15, 0.2) is 18.2 Å². The molecule has 0 heterocycles. The van der Waals surface area contributed by atoms with E-state index in [-0.39, 0.29) is 5.12 Å². The molecule has 0 unspecified atom stereocenters. The Hall–Kier alpha value is -0.980. The molecular formula is C10H8ClNOS. The summed E-state index contributed by atoms with van der Waals surface area (Å²) in [4.78, 5) is 10.7. The monoisotopic (exact) mass is 225 g/mol. The summed E-state index contributed by atoms with van der Waals surface area (Å²) >= 11 is 7.00. The molecule has 0 radical (unpaired) electrons. The molecule has 1 aromatic rings. The lowest BCUT2D eigenvalue weighted by molar-refractivity contribution is -0.109. The Labute approximate surface area is 91.9 Å². The molecule has 0 bridgehead atoms. The summed E-state index contributed by atoms with van der Waals surface area (Å²) in [5.74, 6) is 0.560. The first-order valence-corrected chi connectivity index (χ1v) is 5.31. The zero-order chi connectivity index (χ0) is 10.6. The lowest BCUT2D eigenvalue weighted by Gasteiger charge is -2.00. The molecule has 0 aliphatic heterocycles. The molecule has 0 aliphatic carbocycles. The summed E-state index contributed by atoms with van der Waals surface area (Å²) in [5, 5.41) is 9.27. The van der Waals surface area contributed by atoms with Crippen LogP contribution >= 0.6 is 23.4 Å². The van der Waals surface area contributed by atoms with Gasteiger partial charge in [-0.05, 0) is 23.8 Å². The minimum Gasteiger partial charge on any atom is -0.288 e. The molecule has 4 heteroatoms. The van der Waals surface area contributed by atoms with Crippen LogP contribution in [-0.4, -0.2) is 5.12 Å². The Bertz CT molecular complexity index is 398. The van der Waals surface area contributed by atoms with Crippen LogP contribution < -0.4 is 0 Å². The largest absolute Gasteiger partial charge is 0.288 e. The van der Waals surface area contributed by atoms with Crippen LogP contribution in [0.2, 0.25) is 5.02 Å². The zero-order valence-electron chi connectivity index (χ0n) is 7.58. The van der Waals surface area contributed by atoms with Crippen LogP contribution in [0, 0.1) is 11.3 Å². The van der Waals surface area contributed by atoms with Crippen molar-refractivity contribution in [2.24, 2.45) is 0 Å². The third-order valence-electron chi connectivity index (χ3n) is 1.53. The average Bonchev–Trinajstić information content (AvgIpc) is 2.14. The molecule has 0 spiro atoms. The molecule has 1 rings (SSSR count). The molecule has 0 saturated heterocycles. The standard InChI is InChI=1S/C10H8ClNOS/c1-7(13)14-6-9-2-8(5-12)3-10(11)4-9/h2-4H,6H2,1H3. The summed E-state index contributed by atoms with van der Waals surface area (Å²) < 4.78 is 0. The van der Waals surface area contributed by atoms with Gasteiger partial charge in [-0.2, -0.15) is 5.26 Å². The Morgan fingerprint density at radius 1 is 1.57 bits per heavy atom. The van der Waals surface area contributed by atoms with Gasteiger partial charge in [-0.3, -0.25) is 4.79 Å². The number of thioether (sulfide) groups is 1. The Morgan fingerprint density at radius 3 is 2.86 bits per heavy atom. The van der Waals surface area contributed by atoms with Crippen LogP contribution in [0.1, 0.15) is 18.1 Å². The van der Waals surface area contributed by atoms with Crippen molar-refractivity contribution in [3.63, 3.8) is 0 Å². The van der Waals surface area contributed by atoms with Gasteiger partial charge in [0.2, 0.25) is 0 Å². The van der Waals surface area contributed by atoms with Crippen molar-refractivity contribution in [1.82, 2.24) is 0 Å². The maximum atomic E-state index is 10.7. The number of halogens is 1. The van der Waals surface area contributed by atoms with Gasteiger partial charge in [0.1, 0.15) is 0 Å². The minimum absolute atomic E-state index is 0.0588. The normalized spacial score (nSPS) is 9.50. The Balaban J connectivity index is 2.82. The van der Waals surface area contributed by atoms with Gasteiger partial charge in [-0.15, -0.1) is 0 Å². The number of hydrogen-bond acceptors (Lipinski definition) is 3. The first-order valence-electron chi connectivity index (χ1n) is 3.95. The maximum absolute atomic E-state index is 10.7. The minimum atomic E-state index is 0.0588. The van der Waals surface area contributed by atoms with Gasteiger partial charge in [0.15, 0.2) is 5.12 Å². The van der Waals surface area contributed by atoms with Gasteiger partial charge in [0.05, 0.1) is 11.6 Å². The van der Waals surface area contributed by atoms with Gasteiger partial charge < -0.3 is 0 Å². The van der Waals surface area contributed by atoms with E-state index in [1.165, 1.54) is 18.7 Å². The lowest BCUT2D eigenvalue weighted by atomic mass is 10.1. The van der Waals surface area contributed by atoms with Crippen LogP contribution in [0.25, 0.3) is 0 Å². The van der Waals surface area contributed by atoms with Gasteiger partial charge in [0.25, 0.3) is 0 Å². The molecule has 0 N–H and O–H groups in total. The molecule has 0 atom stereocenters. The number of carbonyl (C=O) groups excluding carboxylic acids is 1.